The Hall–Kier alpha value is -2.81. The highest BCUT2D eigenvalue weighted by Gasteiger charge is 2.18. The predicted octanol–water partition coefficient (Wildman–Crippen LogP) is 4.51. The number of nitrogens with one attached hydrogen (secondary N) is 1. The van der Waals surface area contributed by atoms with Crippen LogP contribution in [0.5, 0.6) is 0 Å². The molecular formula is C17H24N6O2S. The summed E-state index contributed by atoms with van der Waals surface area (Å²) in [6, 6.07) is 6.35. The third-order valence-corrected chi connectivity index (χ3v) is 3.65. The van der Waals surface area contributed by atoms with Gasteiger partial charge in [-0.25, -0.2) is 0 Å². The monoisotopic (exact) mass is 376 g/mol. The molecule has 0 aliphatic rings. The van der Waals surface area contributed by atoms with Crippen LogP contribution < -0.4 is 0 Å². The molecule has 0 unspecified atom stereocenters. The summed E-state index contributed by atoms with van der Waals surface area (Å²) in [5.41, 5.74) is 2.03. The topological polar surface area (TPSA) is 94.6 Å². The van der Waals surface area contributed by atoms with Gasteiger partial charge in [-0.1, -0.05) is 39.8 Å². The van der Waals surface area contributed by atoms with Crippen LogP contribution in [0, 0.1) is 14.9 Å². The van der Waals surface area contributed by atoms with Gasteiger partial charge in [0.2, 0.25) is 0 Å². The van der Waals surface area contributed by atoms with Crippen molar-refractivity contribution in [2.75, 3.05) is 0 Å². The third kappa shape index (κ3) is 4.42. The van der Waals surface area contributed by atoms with Crippen LogP contribution in [0.3, 0.4) is 0 Å². The summed E-state index contributed by atoms with van der Waals surface area (Å²) < 4.78 is 3.86. The molecule has 26 heavy (non-hydrogen) atoms. The van der Waals surface area contributed by atoms with Crippen LogP contribution in [0.2, 0.25) is 0 Å². The molecule has 3 rings (SSSR count). The molecule has 0 aliphatic carbocycles. The number of nitro benzene ring substituents is 1. The fourth-order valence-corrected chi connectivity index (χ4v) is 2.35. The molecule has 0 saturated carbocycles. The lowest BCUT2D eigenvalue weighted by Gasteiger charge is -2.02. The molecule has 140 valence electrons. The first-order valence-electron chi connectivity index (χ1n) is 8.37. The normalized spacial score (nSPS) is 9.62. The van der Waals surface area contributed by atoms with E-state index in [1.54, 1.807) is 41.7 Å². The number of benzene rings is 1. The number of H-pyrrole nitrogens is 1. The van der Waals surface area contributed by atoms with E-state index >= 15 is 0 Å². The first-order chi connectivity index (χ1) is 12.5. The number of nitrogens with zero attached hydrogens (tertiary/aromatic N) is 5. The second-order valence-corrected chi connectivity index (χ2v) is 5.17. The summed E-state index contributed by atoms with van der Waals surface area (Å²) in [6.45, 7) is 8.00. The Morgan fingerprint density at radius 3 is 2.38 bits per heavy atom. The maximum atomic E-state index is 10.9. The van der Waals surface area contributed by atoms with Crippen LogP contribution in [0.15, 0.2) is 30.5 Å². The van der Waals surface area contributed by atoms with Gasteiger partial charge in [-0.15, -0.1) is 0 Å². The van der Waals surface area contributed by atoms with E-state index in [4.69, 9.17) is 12.2 Å². The third-order valence-electron chi connectivity index (χ3n) is 3.28. The van der Waals surface area contributed by atoms with Crippen molar-refractivity contribution in [1.29, 1.82) is 0 Å². The van der Waals surface area contributed by atoms with Gasteiger partial charge in [0.25, 0.3) is 5.69 Å². The van der Waals surface area contributed by atoms with Gasteiger partial charge in [0, 0.05) is 38.0 Å². The molecule has 2 heterocycles. The van der Waals surface area contributed by atoms with Crippen molar-refractivity contribution < 1.29 is 4.92 Å². The molecule has 2 aromatic heterocycles. The van der Waals surface area contributed by atoms with Crippen molar-refractivity contribution in [3.8, 4) is 22.6 Å². The lowest BCUT2D eigenvalue weighted by molar-refractivity contribution is -0.384. The van der Waals surface area contributed by atoms with Gasteiger partial charge in [-0.2, -0.15) is 10.2 Å². The van der Waals surface area contributed by atoms with Crippen LogP contribution >= 0.6 is 12.2 Å². The number of hydrogen-bond donors (Lipinski definition) is 1. The van der Waals surface area contributed by atoms with Crippen LogP contribution in [0.4, 0.5) is 5.69 Å². The zero-order valence-corrected chi connectivity index (χ0v) is 16.7. The van der Waals surface area contributed by atoms with Gasteiger partial charge in [0.1, 0.15) is 5.69 Å². The van der Waals surface area contributed by atoms with E-state index in [1.807, 2.05) is 27.7 Å². The summed E-state index contributed by atoms with van der Waals surface area (Å²) in [4.78, 5) is 10.5. The zero-order chi connectivity index (χ0) is 19.9. The highest BCUT2D eigenvalue weighted by Crippen LogP contribution is 2.31. The quantitative estimate of drug-likeness (QED) is 0.412. The molecular weight excluding hydrogens is 352 g/mol. The highest BCUT2D eigenvalue weighted by atomic mass is 32.1. The Morgan fingerprint density at radius 2 is 1.85 bits per heavy atom. The van der Waals surface area contributed by atoms with E-state index in [1.165, 1.54) is 12.1 Å². The summed E-state index contributed by atoms with van der Waals surface area (Å²) in [6.07, 6.45) is 1.80. The fourth-order valence-electron chi connectivity index (χ4n) is 2.22. The van der Waals surface area contributed by atoms with Gasteiger partial charge in [-0.3, -0.25) is 19.9 Å². The lowest BCUT2D eigenvalue weighted by Crippen LogP contribution is -1.94. The molecule has 8 nitrogen and oxygen atoms in total. The average molecular weight is 376 g/mol. The van der Waals surface area contributed by atoms with Gasteiger partial charge in [0.05, 0.1) is 10.5 Å². The molecule has 0 amide bonds. The molecule has 3 aromatic rings. The van der Waals surface area contributed by atoms with Gasteiger partial charge in [-0.05, 0) is 12.2 Å². The van der Waals surface area contributed by atoms with Gasteiger partial charge < -0.3 is 4.57 Å². The Morgan fingerprint density at radius 1 is 1.19 bits per heavy atom. The Kier molecular flexibility index (Phi) is 7.85. The molecule has 1 aromatic carbocycles. The molecule has 0 bridgehead atoms. The van der Waals surface area contributed by atoms with E-state index in [9.17, 15) is 10.1 Å². The van der Waals surface area contributed by atoms with Crippen LogP contribution in [0.25, 0.3) is 22.6 Å². The van der Waals surface area contributed by atoms with Crippen molar-refractivity contribution in [1.82, 2.24) is 24.5 Å². The Labute approximate surface area is 157 Å². The molecule has 0 spiro atoms. The maximum absolute atomic E-state index is 10.9. The summed E-state index contributed by atoms with van der Waals surface area (Å²) in [5, 5.41) is 22.3. The largest absolute Gasteiger partial charge is 0.303 e. The zero-order valence-electron chi connectivity index (χ0n) is 15.8. The Bertz CT molecular complexity index is 925. The summed E-state index contributed by atoms with van der Waals surface area (Å²) >= 11 is 5.12. The highest BCUT2D eigenvalue weighted by molar-refractivity contribution is 7.71. The number of aryl methyl sites for hydroxylation is 1. The molecule has 0 aliphatic heterocycles. The van der Waals surface area contributed by atoms with Gasteiger partial charge in [0.15, 0.2) is 10.6 Å². The van der Waals surface area contributed by atoms with Crippen molar-refractivity contribution in [2.24, 2.45) is 14.1 Å². The molecule has 0 atom stereocenters. The maximum Gasteiger partial charge on any atom is 0.270 e. The molecule has 0 radical (unpaired) electrons. The molecule has 0 saturated heterocycles. The minimum atomic E-state index is -0.429. The number of non-ortho nitro benzene ring substituents is 1. The SMILES string of the molecule is CC.CC.Cn1cc(-c2n[nH]c(=S)n2C)c(-c2cccc([N+](=O)[O-])c2)n1. The molecule has 0 fully saturated rings. The van der Waals surface area contributed by atoms with E-state index < -0.39 is 4.92 Å². The number of rotatable bonds is 3. The summed E-state index contributed by atoms with van der Waals surface area (Å²) in [5.74, 6) is 0.625. The fraction of sp³-hybridized carbons (Fsp3) is 0.353. The molecule has 9 heteroatoms. The van der Waals surface area contributed by atoms with Crippen molar-refractivity contribution in [3.63, 3.8) is 0 Å². The van der Waals surface area contributed by atoms with E-state index in [0.29, 0.717) is 21.9 Å². The van der Waals surface area contributed by atoms with Crippen molar-refractivity contribution in [3.05, 3.63) is 45.3 Å². The standard InChI is InChI=1S/C13H12N6O2S.2C2H6/c1-17-7-10(12-14-15-13(22)18(12)2)11(16-17)8-4-3-5-9(6-8)19(20)21;2*1-2/h3-7H,1-2H3,(H,15,22);2*1-2H3. The van der Waals surface area contributed by atoms with E-state index in [2.05, 4.69) is 15.3 Å². The average Bonchev–Trinajstić information content (AvgIpc) is 3.21. The first-order valence-corrected chi connectivity index (χ1v) is 8.78. The van der Waals surface area contributed by atoms with Crippen LogP contribution in [-0.2, 0) is 14.1 Å². The first kappa shape index (κ1) is 21.2. The Balaban J connectivity index is 0.000000791. The van der Waals surface area contributed by atoms with Crippen molar-refractivity contribution >= 4 is 17.9 Å². The smallest absolute Gasteiger partial charge is 0.270 e. The number of nitro groups is 1. The summed E-state index contributed by atoms with van der Waals surface area (Å²) in [7, 11) is 3.58. The van der Waals surface area contributed by atoms with Gasteiger partial charge >= 0.3 is 0 Å². The van der Waals surface area contributed by atoms with E-state index in [0.717, 1.165) is 5.56 Å². The second kappa shape index (κ2) is 9.62. The number of aromatic nitrogens is 5. The predicted molar refractivity (Wildman–Crippen MR) is 105 cm³/mol. The van der Waals surface area contributed by atoms with Crippen molar-refractivity contribution in [2.45, 2.75) is 27.7 Å². The van der Waals surface area contributed by atoms with Crippen LogP contribution in [-0.4, -0.2) is 29.5 Å². The van der Waals surface area contributed by atoms with E-state index in [-0.39, 0.29) is 5.69 Å². The van der Waals surface area contributed by atoms with Crippen LogP contribution in [0.1, 0.15) is 27.7 Å². The molecule has 1 N–H and O–H groups in total. The minimum Gasteiger partial charge on any atom is -0.303 e. The number of aromatic amines is 1. The second-order valence-electron chi connectivity index (χ2n) is 4.78. The number of hydrogen-bond acceptors (Lipinski definition) is 5. The lowest BCUT2D eigenvalue weighted by atomic mass is 10.1. The minimum absolute atomic E-state index is 0.0180.